The Kier molecular flexibility index (Phi) is 5.38. The molecule has 2 N–H and O–H groups in total. The molecule has 0 bridgehead atoms. The standard InChI is InChI=1S/C12H15ClFNO2/c1-15-11(3-2-4-12(16)17)9-7-8(13)5-6-10(9)14/h5-7,11,15H,2-4H2,1H3,(H,16,17). The summed E-state index contributed by atoms with van der Waals surface area (Å²) in [7, 11) is 1.71. The highest BCUT2D eigenvalue weighted by Gasteiger charge is 2.14. The lowest BCUT2D eigenvalue weighted by molar-refractivity contribution is -0.137. The van der Waals surface area contributed by atoms with Gasteiger partial charge in [0.05, 0.1) is 0 Å². The van der Waals surface area contributed by atoms with Crippen molar-refractivity contribution in [3.8, 4) is 0 Å². The van der Waals surface area contributed by atoms with E-state index in [2.05, 4.69) is 5.32 Å². The summed E-state index contributed by atoms with van der Waals surface area (Å²) in [6, 6.07) is 4.16. The summed E-state index contributed by atoms with van der Waals surface area (Å²) in [4.78, 5) is 10.4. The largest absolute Gasteiger partial charge is 0.481 e. The van der Waals surface area contributed by atoms with Gasteiger partial charge in [0.1, 0.15) is 5.82 Å². The van der Waals surface area contributed by atoms with E-state index in [9.17, 15) is 9.18 Å². The molecule has 0 amide bonds. The van der Waals surface area contributed by atoms with Gasteiger partial charge in [0.15, 0.2) is 0 Å². The Balaban J connectivity index is 2.72. The van der Waals surface area contributed by atoms with Crippen molar-refractivity contribution >= 4 is 17.6 Å². The minimum Gasteiger partial charge on any atom is -0.481 e. The number of rotatable bonds is 6. The number of benzene rings is 1. The van der Waals surface area contributed by atoms with E-state index >= 15 is 0 Å². The van der Waals surface area contributed by atoms with Crippen molar-refractivity contribution in [2.24, 2.45) is 0 Å². The van der Waals surface area contributed by atoms with Crippen molar-refractivity contribution in [3.63, 3.8) is 0 Å². The van der Waals surface area contributed by atoms with Gasteiger partial charge < -0.3 is 10.4 Å². The van der Waals surface area contributed by atoms with Crippen molar-refractivity contribution in [2.75, 3.05) is 7.05 Å². The highest BCUT2D eigenvalue weighted by atomic mass is 35.5. The molecule has 0 saturated heterocycles. The highest BCUT2D eigenvalue weighted by Crippen LogP contribution is 2.24. The molecule has 0 aliphatic carbocycles. The van der Waals surface area contributed by atoms with Crippen LogP contribution < -0.4 is 5.32 Å². The van der Waals surface area contributed by atoms with Gasteiger partial charge in [-0.05, 0) is 38.1 Å². The molecule has 17 heavy (non-hydrogen) atoms. The minimum atomic E-state index is -0.841. The van der Waals surface area contributed by atoms with E-state index in [1.807, 2.05) is 0 Å². The number of hydrogen-bond acceptors (Lipinski definition) is 2. The fraction of sp³-hybridized carbons (Fsp3) is 0.417. The van der Waals surface area contributed by atoms with Gasteiger partial charge in [-0.2, -0.15) is 0 Å². The molecule has 5 heteroatoms. The summed E-state index contributed by atoms with van der Waals surface area (Å²) in [6.07, 6.45) is 1.13. The first-order valence-corrected chi connectivity index (χ1v) is 5.76. The quantitative estimate of drug-likeness (QED) is 0.826. The van der Waals surface area contributed by atoms with E-state index in [1.165, 1.54) is 12.1 Å². The van der Waals surface area contributed by atoms with Crippen molar-refractivity contribution in [3.05, 3.63) is 34.6 Å². The van der Waals surface area contributed by atoms with Crippen LogP contribution in [0, 0.1) is 5.82 Å². The number of aliphatic carboxylic acids is 1. The Hall–Kier alpha value is -1.13. The smallest absolute Gasteiger partial charge is 0.303 e. The number of halogens is 2. The number of nitrogens with one attached hydrogen (secondary N) is 1. The molecule has 0 radical (unpaired) electrons. The van der Waals surface area contributed by atoms with E-state index in [0.29, 0.717) is 23.4 Å². The third kappa shape index (κ3) is 4.32. The lowest BCUT2D eigenvalue weighted by atomic mass is 10.0. The van der Waals surface area contributed by atoms with Crippen LogP contribution in [-0.2, 0) is 4.79 Å². The number of carboxylic acids is 1. The molecule has 0 fully saturated rings. The fourth-order valence-corrected chi connectivity index (χ4v) is 1.87. The normalized spacial score (nSPS) is 12.4. The third-order valence-electron chi connectivity index (χ3n) is 2.57. The second-order valence-electron chi connectivity index (χ2n) is 3.79. The molecular formula is C12H15ClFNO2. The molecule has 0 heterocycles. The van der Waals surface area contributed by atoms with E-state index in [1.54, 1.807) is 13.1 Å². The molecule has 0 aliphatic rings. The SMILES string of the molecule is CNC(CCCC(=O)O)c1cc(Cl)ccc1F. The van der Waals surface area contributed by atoms with Crippen LogP contribution >= 0.6 is 11.6 Å². The maximum absolute atomic E-state index is 13.6. The molecule has 1 unspecified atom stereocenters. The van der Waals surface area contributed by atoms with Gasteiger partial charge in [0, 0.05) is 23.0 Å². The molecule has 0 spiro atoms. The van der Waals surface area contributed by atoms with Gasteiger partial charge in [-0.3, -0.25) is 4.79 Å². The molecule has 1 atom stereocenters. The van der Waals surface area contributed by atoms with Crippen LogP contribution in [0.3, 0.4) is 0 Å². The fourth-order valence-electron chi connectivity index (χ4n) is 1.69. The lowest BCUT2D eigenvalue weighted by Gasteiger charge is -2.17. The van der Waals surface area contributed by atoms with Gasteiger partial charge >= 0.3 is 5.97 Å². The molecule has 1 aromatic rings. The summed E-state index contributed by atoms with van der Waals surface area (Å²) in [6.45, 7) is 0. The molecule has 1 rings (SSSR count). The van der Waals surface area contributed by atoms with Crippen LogP contribution in [0.25, 0.3) is 0 Å². The van der Waals surface area contributed by atoms with Crippen molar-refractivity contribution in [1.82, 2.24) is 5.32 Å². The van der Waals surface area contributed by atoms with Crippen LogP contribution in [0.5, 0.6) is 0 Å². The first kappa shape index (κ1) is 13.9. The predicted octanol–water partition coefficient (Wildman–Crippen LogP) is 2.99. The van der Waals surface area contributed by atoms with Crippen molar-refractivity contribution in [1.29, 1.82) is 0 Å². The summed E-state index contributed by atoms with van der Waals surface area (Å²) in [5, 5.41) is 12.0. The average Bonchev–Trinajstić information content (AvgIpc) is 2.28. The molecule has 3 nitrogen and oxygen atoms in total. The number of carboxylic acid groups (broad SMARTS) is 1. The van der Waals surface area contributed by atoms with Crippen molar-refractivity contribution in [2.45, 2.75) is 25.3 Å². The van der Waals surface area contributed by atoms with Crippen molar-refractivity contribution < 1.29 is 14.3 Å². The van der Waals surface area contributed by atoms with Crippen LogP contribution in [-0.4, -0.2) is 18.1 Å². The zero-order chi connectivity index (χ0) is 12.8. The molecule has 1 aromatic carbocycles. The van der Waals surface area contributed by atoms with E-state index in [-0.39, 0.29) is 18.3 Å². The molecule has 0 aliphatic heterocycles. The lowest BCUT2D eigenvalue weighted by Crippen LogP contribution is -2.18. The summed E-state index contributed by atoms with van der Waals surface area (Å²) < 4.78 is 13.6. The Morgan fingerprint density at radius 2 is 2.29 bits per heavy atom. The average molecular weight is 260 g/mol. The zero-order valence-electron chi connectivity index (χ0n) is 9.54. The third-order valence-corrected chi connectivity index (χ3v) is 2.80. The Bertz CT molecular complexity index is 398. The summed E-state index contributed by atoms with van der Waals surface area (Å²) in [5.74, 6) is -1.17. The van der Waals surface area contributed by atoms with E-state index < -0.39 is 5.97 Å². The molecule has 0 saturated carbocycles. The van der Waals surface area contributed by atoms with Gasteiger partial charge in [-0.15, -0.1) is 0 Å². The number of carbonyl (C=O) groups is 1. The topological polar surface area (TPSA) is 49.3 Å². The first-order valence-electron chi connectivity index (χ1n) is 5.38. The second-order valence-corrected chi connectivity index (χ2v) is 4.23. The summed E-state index contributed by atoms with van der Waals surface area (Å²) in [5.41, 5.74) is 0.477. The monoisotopic (exact) mass is 259 g/mol. The highest BCUT2D eigenvalue weighted by molar-refractivity contribution is 6.30. The minimum absolute atomic E-state index is 0.0837. The Morgan fingerprint density at radius 1 is 1.59 bits per heavy atom. The second kappa shape index (κ2) is 6.57. The summed E-state index contributed by atoms with van der Waals surface area (Å²) >= 11 is 5.81. The maximum Gasteiger partial charge on any atom is 0.303 e. The zero-order valence-corrected chi connectivity index (χ0v) is 10.3. The van der Waals surface area contributed by atoms with E-state index in [4.69, 9.17) is 16.7 Å². The van der Waals surface area contributed by atoms with Crippen LogP contribution in [0.4, 0.5) is 4.39 Å². The van der Waals surface area contributed by atoms with E-state index in [0.717, 1.165) is 0 Å². The number of hydrogen-bond donors (Lipinski definition) is 2. The van der Waals surface area contributed by atoms with Gasteiger partial charge in [-0.25, -0.2) is 4.39 Å². The maximum atomic E-state index is 13.6. The van der Waals surface area contributed by atoms with Gasteiger partial charge in [-0.1, -0.05) is 11.6 Å². The predicted molar refractivity (Wildman–Crippen MR) is 64.7 cm³/mol. The van der Waals surface area contributed by atoms with Crippen LogP contribution in [0.1, 0.15) is 30.9 Å². The Labute approximate surface area is 105 Å². The van der Waals surface area contributed by atoms with Gasteiger partial charge in [0.2, 0.25) is 0 Å². The first-order chi connectivity index (χ1) is 8.04. The molecule has 0 aromatic heterocycles. The van der Waals surface area contributed by atoms with Crippen LogP contribution in [0.15, 0.2) is 18.2 Å². The van der Waals surface area contributed by atoms with Crippen LogP contribution in [0.2, 0.25) is 5.02 Å². The Morgan fingerprint density at radius 3 is 2.88 bits per heavy atom. The molecule has 94 valence electrons. The van der Waals surface area contributed by atoms with Gasteiger partial charge in [0.25, 0.3) is 0 Å². The molecular weight excluding hydrogens is 245 g/mol.